The third-order valence-electron chi connectivity index (χ3n) is 13.7. The predicted octanol–water partition coefficient (Wildman–Crippen LogP) is 13.6. The molecule has 5 aliphatic rings. The Hall–Kier alpha value is -6.38. The van der Waals surface area contributed by atoms with Gasteiger partial charge in [-0.1, -0.05) is 135 Å². The SMILES string of the molecule is CC1(C)C2=CC3CC3C=C2c2ccc(N(c3ccc4c(c3)C3(c5ccccc5-c5ccccc53)c3ccccc3-4)c3cccc4oc5ccccc5c34)cc21. The Balaban J connectivity index is 1.10. The molecule has 8 aromatic rings. The largest absolute Gasteiger partial charge is 0.456 e. The van der Waals surface area contributed by atoms with Crippen molar-refractivity contribution in [3.05, 3.63) is 203 Å². The van der Waals surface area contributed by atoms with Crippen molar-refractivity contribution in [3.8, 4) is 22.3 Å². The van der Waals surface area contributed by atoms with Crippen LogP contribution in [0.2, 0.25) is 0 Å². The molecule has 7 aromatic carbocycles. The van der Waals surface area contributed by atoms with Gasteiger partial charge in [0, 0.05) is 22.2 Å². The van der Waals surface area contributed by atoms with Crippen LogP contribution in [0.15, 0.2) is 174 Å². The molecule has 0 aliphatic heterocycles. The molecule has 2 nitrogen and oxygen atoms in total. The van der Waals surface area contributed by atoms with Crippen molar-refractivity contribution < 1.29 is 4.42 Å². The predicted molar refractivity (Wildman–Crippen MR) is 225 cm³/mol. The minimum absolute atomic E-state index is 0.0777. The summed E-state index contributed by atoms with van der Waals surface area (Å²) < 4.78 is 6.53. The van der Waals surface area contributed by atoms with E-state index in [1.165, 1.54) is 73.2 Å². The van der Waals surface area contributed by atoms with E-state index in [9.17, 15) is 0 Å². The lowest BCUT2D eigenvalue weighted by atomic mass is 9.70. The highest BCUT2D eigenvalue weighted by Gasteiger charge is 2.52. The van der Waals surface area contributed by atoms with Crippen LogP contribution in [0.25, 0.3) is 49.8 Å². The molecule has 1 aromatic heterocycles. The number of rotatable bonds is 3. The number of benzene rings is 7. The van der Waals surface area contributed by atoms with E-state index in [0.29, 0.717) is 11.8 Å². The number of anilines is 3. The molecule has 260 valence electrons. The van der Waals surface area contributed by atoms with Crippen molar-refractivity contribution in [2.24, 2.45) is 11.8 Å². The number of hydrogen-bond acceptors (Lipinski definition) is 2. The van der Waals surface area contributed by atoms with Crippen LogP contribution in [-0.2, 0) is 10.8 Å². The fourth-order valence-corrected chi connectivity index (χ4v) is 11.2. The lowest BCUT2D eigenvalue weighted by molar-refractivity contribution is 0.653. The molecular formula is C53H37NO. The molecule has 1 fully saturated rings. The molecule has 2 heteroatoms. The first-order chi connectivity index (χ1) is 27.0. The normalized spacial score (nSPS) is 19.5. The van der Waals surface area contributed by atoms with E-state index in [0.717, 1.165) is 39.0 Å². The Morgan fingerprint density at radius 3 is 1.78 bits per heavy atom. The van der Waals surface area contributed by atoms with Gasteiger partial charge in [0.15, 0.2) is 0 Å². The van der Waals surface area contributed by atoms with Gasteiger partial charge in [0.1, 0.15) is 11.2 Å². The van der Waals surface area contributed by atoms with Gasteiger partial charge >= 0.3 is 0 Å². The van der Waals surface area contributed by atoms with Crippen LogP contribution >= 0.6 is 0 Å². The van der Waals surface area contributed by atoms with Crippen LogP contribution in [0.5, 0.6) is 0 Å². The Morgan fingerprint density at radius 2 is 1.07 bits per heavy atom. The Kier molecular flexibility index (Phi) is 5.58. The quantitative estimate of drug-likeness (QED) is 0.182. The second-order valence-electron chi connectivity index (χ2n) is 16.8. The molecule has 0 radical (unpaired) electrons. The molecular weight excluding hydrogens is 667 g/mol. The lowest BCUT2D eigenvalue weighted by Gasteiger charge is -2.32. The number of allylic oxidation sites excluding steroid dienone is 4. The average Bonchev–Trinajstić information content (AvgIpc) is 3.57. The van der Waals surface area contributed by atoms with Crippen LogP contribution in [0.4, 0.5) is 17.1 Å². The maximum atomic E-state index is 6.53. The first-order valence-corrected chi connectivity index (χ1v) is 19.8. The van der Waals surface area contributed by atoms with Gasteiger partial charge in [-0.15, -0.1) is 0 Å². The summed E-state index contributed by atoms with van der Waals surface area (Å²) in [4.78, 5) is 2.51. The molecule has 0 saturated heterocycles. The van der Waals surface area contributed by atoms with Gasteiger partial charge in [-0.05, 0) is 128 Å². The number of hydrogen-bond donors (Lipinski definition) is 0. The molecule has 55 heavy (non-hydrogen) atoms. The van der Waals surface area contributed by atoms with Gasteiger partial charge in [0.25, 0.3) is 0 Å². The number of furan rings is 1. The lowest BCUT2D eigenvalue weighted by Crippen LogP contribution is -2.26. The maximum Gasteiger partial charge on any atom is 0.137 e. The van der Waals surface area contributed by atoms with Crippen molar-refractivity contribution in [1.82, 2.24) is 0 Å². The van der Waals surface area contributed by atoms with E-state index in [-0.39, 0.29) is 5.41 Å². The molecule has 1 heterocycles. The average molecular weight is 704 g/mol. The smallest absolute Gasteiger partial charge is 0.137 e. The third-order valence-corrected chi connectivity index (χ3v) is 13.7. The van der Waals surface area contributed by atoms with Crippen molar-refractivity contribution >= 4 is 44.6 Å². The van der Waals surface area contributed by atoms with Gasteiger partial charge in [-0.3, -0.25) is 0 Å². The molecule has 2 unspecified atom stereocenters. The van der Waals surface area contributed by atoms with E-state index in [1.807, 2.05) is 0 Å². The van der Waals surface area contributed by atoms with Gasteiger partial charge in [0.2, 0.25) is 0 Å². The van der Waals surface area contributed by atoms with Crippen molar-refractivity contribution in [2.45, 2.75) is 31.1 Å². The topological polar surface area (TPSA) is 16.4 Å². The molecule has 0 N–H and O–H groups in total. The number of para-hydroxylation sites is 1. The number of nitrogens with zero attached hydrogens (tertiary/aromatic N) is 1. The molecule has 1 spiro atoms. The summed E-state index contributed by atoms with van der Waals surface area (Å²) >= 11 is 0. The van der Waals surface area contributed by atoms with Gasteiger partial charge in [-0.2, -0.15) is 0 Å². The summed E-state index contributed by atoms with van der Waals surface area (Å²) in [5.41, 5.74) is 21.1. The third kappa shape index (κ3) is 3.70. The molecule has 5 aliphatic carbocycles. The Morgan fingerprint density at radius 1 is 0.509 bits per heavy atom. The highest BCUT2D eigenvalue weighted by atomic mass is 16.3. The maximum absolute atomic E-state index is 6.53. The van der Waals surface area contributed by atoms with Gasteiger partial charge in [-0.25, -0.2) is 0 Å². The highest BCUT2D eigenvalue weighted by molar-refractivity contribution is 6.13. The zero-order chi connectivity index (χ0) is 36.2. The summed E-state index contributed by atoms with van der Waals surface area (Å²) in [7, 11) is 0. The second-order valence-corrected chi connectivity index (χ2v) is 16.8. The van der Waals surface area contributed by atoms with Gasteiger partial charge in [0.05, 0.1) is 16.5 Å². The van der Waals surface area contributed by atoms with E-state index in [4.69, 9.17) is 4.42 Å². The molecule has 13 rings (SSSR count). The molecule has 0 amide bonds. The summed E-state index contributed by atoms with van der Waals surface area (Å²) in [5, 5.41) is 2.26. The fraction of sp³-hybridized carbons (Fsp3) is 0.132. The van der Waals surface area contributed by atoms with E-state index < -0.39 is 5.41 Å². The van der Waals surface area contributed by atoms with Crippen LogP contribution in [0.1, 0.15) is 53.6 Å². The second kappa shape index (κ2) is 10.2. The van der Waals surface area contributed by atoms with Crippen molar-refractivity contribution in [3.63, 3.8) is 0 Å². The first-order valence-electron chi connectivity index (χ1n) is 19.8. The molecule has 1 saturated carbocycles. The van der Waals surface area contributed by atoms with Crippen LogP contribution in [0, 0.1) is 11.8 Å². The minimum Gasteiger partial charge on any atom is -0.456 e. The standard InChI is InChI=1S/C53H37NO/c1-52(2)45-28-32-26-31(32)27-41(45)39-25-23-33(29-46(39)52)54(48-19-11-21-50-51(48)40-15-6-10-20-49(40)55-50)34-22-24-38-37-14-5-9-18-44(37)53(47(38)30-34)42-16-7-3-12-35(42)36-13-4-8-17-43(36)53/h3-25,27-32H,26H2,1-2H3. The first kappa shape index (κ1) is 30.0. The van der Waals surface area contributed by atoms with Crippen LogP contribution < -0.4 is 4.90 Å². The Bertz CT molecular complexity index is 3010. The van der Waals surface area contributed by atoms with Crippen LogP contribution in [0.3, 0.4) is 0 Å². The summed E-state index contributed by atoms with van der Waals surface area (Å²) in [6, 6.07) is 56.7. The zero-order valence-electron chi connectivity index (χ0n) is 30.8. The highest BCUT2D eigenvalue weighted by Crippen LogP contribution is 2.64. The summed E-state index contributed by atoms with van der Waals surface area (Å²) in [6.45, 7) is 4.84. The van der Waals surface area contributed by atoms with Crippen molar-refractivity contribution in [1.29, 1.82) is 0 Å². The van der Waals surface area contributed by atoms with E-state index >= 15 is 0 Å². The summed E-state index contributed by atoms with van der Waals surface area (Å²) in [5.74, 6) is 1.42. The van der Waals surface area contributed by atoms with E-state index in [2.05, 4.69) is 183 Å². The molecule has 2 atom stereocenters. The fourth-order valence-electron chi connectivity index (χ4n) is 11.2. The minimum atomic E-state index is -0.426. The monoisotopic (exact) mass is 703 g/mol. The molecule has 0 bridgehead atoms. The summed E-state index contributed by atoms with van der Waals surface area (Å²) in [6.07, 6.45) is 6.45. The van der Waals surface area contributed by atoms with E-state index in [1.54, 1.807) is 0 Å². The van der Waals surface area contributed by atoms with Crippen LogP contribution in [-0.4, -0.2) is 0 Å². The van der Waals surface area contributed by atoms with Crippen molar-refractivity contribution in [2.75, 3.05) is 4.90 Å². The Labute approximate surface area is 320 Å². The van der Waals surface area contributed by atoms with Gasteiger partial charge < -0.3 is 9.32 Å². The zero-order valence-corrected chi connectivity index (χ0v) is 30.8. The number of fused-ring (bicyclic) bond motifs is 17.